The largest absolute Gasteiger partial charge is 0.460 e. The van der Waals surface area contributed by atoms with Crippen molar-refractivity contribution in [1.29, 1.82) is 0 Å². The lowest BCUT2D eigenvalue weighted by Gasteiger charge is -2.24. The fraction of sp³-hybridized carbons (Fsp3) is 0.222. The molecule has 2 aromatic carbocycles. The highest BCUT2D eigenvalue weighted by Crippen LogP contribution is 2.08. The Morgan fingerprint density at radius 1 is 0.955 bits per heavy atom. The highest BCUT2D eigenvalue weighted by Gasteiger charge is 2.19. The van der Waals surface area contributed by atoms with E-state index in [4.69, 9.17) is 4.74 Å². The van der Waals surface area contributed by atoms with E-state index in [2.05, 4.69) is 0 Å². The summed E-state index contributed by atoms with van der Waals surface area (Å²) in [6, 6.07) is 17.6. The van der Waals surface area contributed by atoms with Crippen molar-refractivity contribution >= 4 is 11.9 Å². The molecule has 22 heavy (non-hydrogen) atoms. The summed E-state index contributed by atoms with van der Waals surface area (Å²) in [4.78, 5) is 25.7. The van der Waals surface area contributed by atoms with Crippen molar-refractivity contribution in [1.82, 2.24) is 4.90 Å². The molecule has 0 aromatic heterocycles. The maximum absolute atomic E-state index is 12.3. The lowest BCUT2D eigenvalue weighted by Crippen LogP contribution is -2.38. The first kappa shape index (κ1) is 15.8. The van der Waals surface area contributed by atoms with Gasteiger partial charge in [0.25, 0.3) is 5.91 Å². The molecule has 1 atom stereocenters. The molecule has 0 bridgehead atoms. The molecule has 0 radical (unpaired) electrons. The molecule has 0 saturated heterocycles. The van der Waals surface area contributed by atoms with E-state index in [1.165, 1.54) is 0 Å². The number of rotatable bonds is 5. The van der Waals surface area contributed by atoms with Crippen LogP contribution >= 0.6 is 0 Å². The zero-order valence-corrected chi connectivity index (χ0v) is 12.7. The van der Waals surface area contributed by atoms with E-state index in [-0.39, 0.29) is 24.5 Å². The number of ether oxygens (including phenoxy) is 1. The number of nitrogens with zero attached hydrogens (tertiary/aromatic N) is 1. The predicted octanol–water partition coefficient (Wildman–Crippen LogP) is 3.00. The topological polar surface area (TPSA) is 46.6 Å². The average Bonchev–Trinajstić information content (AvgIpc) is 2.59. The van der Waals surface area contributed by atoms with Gasteiger partial charge in [0, 0.05) is 12.6 Å². The van der Waals surface area contributed by atoms with Crippen LogP contribution in [0.4, 0.5) is 0 Å². The molecule has 0 heterocycles. The standard InChI is InChI=1S/C18H19NO3/c1-14(13-22-18(21)16-11-7-4-8-12-16)19(2)17(20)15-9-5-3-6-10-15/h3-12,14H,13H2,1-2H3. The van der Waals surface area contributed by atoms with Crippen molar-refractivity contribution in [3.8, 4) is 0 Å². The van der Waals surface area contributed by atoms with E-state index in [0.717, 1.165) is 0 Å². The van der Waals surface area contributed by atoms with E-state index >= 15 is 0 Å². The normalized spacial score (nSPS) is 11.5. The molecule has 2 rings (SSSR count). The molecule has 4 heteroatoms. The van der Waals surface area contributed by atoms with Crippen LogP contribution in [0.15, 0.2) is 60.7 Å². The lowest BCUT2D eigenvalue weighted by atomic mass is 10.2. The molecule has 4 nitrogen and oxygen atoms in total. The number of benzene rings is 2. The summed E-state index contributed by atoms with van der Waals surface area (Å²) in [6.07, 6.45) is 0. The van der Waals surface area contributed by atoms with Gasteiger partial charge in [-0.1, -0.05) is 36.4 Å². The van der Waals surface area contributed by atoms with Gasteiger partial charge in [0.15, 0.2) is 0 Å². The molecule has 0 aliphatic heterocycles. The Hall–Kier alpha value is -2.62. The van der Waals surface area contributed by atoms with Crippen LogP contribution in [0.3, 0.4) is 0 Å². The smallest absolute Gasteiger partial charge is 0.338 e. The van der Waals surface area contributed by atoms with Crippen LogP contribution in [-0.4, -0.2) is 36.5 Å². The molecule has 0 aliphatic carbocycles. The summed E-state index contributed by atoms with van der Waals surface area (Å²) in [5, 5.41) is 0. The van der Waals surface area contributed by atoms with E-state index in [1.54, 1.807) is 48.3 Å². The molecule has 0 aliphatic rings. The van der Waals surface area contributed by atoms with Gasteiger partial charge in [-0.25, -0.2) is 4.79 Å². The summed E-state index contributed by atoms with van der Waals surface area (Å²) in [5.41, 5.74) is 1.12. The third-order valence-electron chi connectivity index (χ3n) is 3.47. The van der Waals surface area contributed by atoms with Gasteiger partial charge in [-0.15, -0.1) is 0 Å². The van der Waals surface area contributed by atoms with Crippen LogP contribution in [0.25, 0.3) is 0 Å². The first-order valence-electron chi connectivity index (χ1n) is 7.14. The molecule has 1 unspecified atom stereocenters. The zero-order valence-electron chi connectivity index (χ0n) is 12.7. The first-order valence-corrected chi connectivity index (χ1v) is 7.14. The van der Waals surface area contributed by atoms with Crippen LogP contribution in [0.1, 0.15) is 27.6 Å². The van der Waals surface area contributed by atoms with E-state index < -0.39 is 0 Å². The number of esters is 1. The van der Waals surface area contributed by atoms with Crippen LogP contribution in [0.5, 0.6) is 0 Å². The van der Waals surface area contributed by atoms with Crippen LogP contribution in [0, 0.1) is 0 Å². The lowest BCUT2D eigenvalue weighted by molar-refractivity contribution is 0.0369. The van der Waals surface area contributed by atoms with Gasteiger partial charge < -0.3 is 9.64 Å². The van der Waals surface area contributed by atoms with Crippen LogP contribution in [-0.2, 0) is 4.74 Å². The van der Waals surface area contributed by atoms with Gasteiger partial charge in [-0.3, -0.25) is 4.79 Å². The molecular weight excluding hydrogens is 278 g/mol. The summed E-state index contributed by atoms with van der Waals surface area (Å²) >= 11 is 0. The number of hydrogen-bond acceptors (Lipinski definition) is 3. The third kappa shape index (κ3) is 3.95. The molecular formula is C18H19NO3. The molecule has 114 valence electrons. The zero-order chi connectivity index (χ0) is 15.9. The molecule has 0 spiro atoms. The Balaban J connectivity index is 1.90. The molecule has 0 saturated carbocycles. The molecule has 2 aromatic rings. The number of likely N-dealkylation sites (N-methyl/N-ethyl adjacent to an activating group) is 1. The Bertz CT molecular complexity index is 625. The van der Waals surface area contributed by atoms with Crippen LogP contribution < -0.4 is 0 Å². The van der Waals surface area contributed by atoms with E-state index in [9.17, 15) is 9.59 Å². The molecule has 0 N–H and O–H groups in total. The number of hydrogen-bond donors (Lipinski definition) is 0. The fourth-order valence-electron chi connectivity index (χ4n) is 1.95. The number of amides is 1. The fourth-order valence-corrected chi connectivity index (χ4v) is 1.95. The minimum absolute atomic E-state index is 0.0936. The number of carbonyl (C=O) groups excluding carboxylic acids is 2. The van der Waals surface area contributed by atoms with Crippen molar-refractivity contribution in [3.63, 3.8) is 0 Å². The predicted molar refractivity (Wildman–Crippen MR) is 84.7 cm³/mol. The Kier molecular flexibility index (Phi) is 5.31. The number of carbonyl (C=O) groups is 2. The minimum Gasteiger partial charge on any atom is -0.460 e. The first-order chi connectivity index (χ1) is 10.6. The van der Waals surface area contributed by atoms with E-state index in [0.29, 0.717) is 11.1 Å². The summed E-state index contributed by atoms with van der Waals surface area (Å²) in [5.74, 6) is -0.475. The van der Waals surface area contributed by atoms with Gasteiger partial charge in [-0.05, 0) is 31.2 Å². The Labute approximate surface area is 130 Å². The van der Waals surface area contributed by atoms with Gasteiger partial charge in [-0.2, -0.15) is 0 Å². The Morgan fingerprint density at radius 3 is 2.00 bits per heavy atom. The van der Waals surface area contributed by atoms with Crippen molar-refractivity contribution in [2.75, 3.05) is 13.7 Å². The highest BCUT2D eigenvalue weighted by molar-refractivity contribution is 5.94. The summed E-state index contributed by atoms with van der Waals surface area (Å²) in [7, 11) is 1.70. The second kappa shape index (κ2) is 7.41. The maximum atomic E-state index is 12.3. The van der Waals surface area contributed by atoms with Crippen LogP contribution in [0.2, 0.25) is 0 Å². The maximum Gasteiger partial charge on any atom is 0.338 e. The van der Waals surface area contributed by atoms with Gasteiger partial charge >= 0.3 is 5.97 Å². The van der Waals surface area contributed by atoms with Crippen molar-refractivity contribution in [3.05, 3.63) is 71.8 Å². The average molecular weight is 297 g/mol. The Morgan fingerprint density at radius 2 is 1.45 bits per heavy atom. The quantitative estimate of drug-likeness (QED) is 0.797. The van der Waals surface area contributed by atoms with Crippen molar-refractivity contribution in [2.24, 2.45) is 0 Å². The second-order valence-electron chi connectivity index (χ2n) is 5.10. The second-order valence-corrected chi connectivity index (χ2v) is 5.10. The van der Waals surface area contributed by atoms with Crippen molar-refractivity contribution in [2.45, 2.75) is 13.0 Å². The van der Waals surface area contributed by atoms with Gasteiger partial charge in [0.05, 0.1) is 11.6 Å². The molecule has 0 fully saturated rings. The SMILES string of the molecule is CC(COC(=O)c1ccccc1)N(C)C(=O)c1ccccc1. The van der Waals surface area contributed by atoms with Gasteiger partial charge in [0.2, 0.25) is 0 Å². The minimum atomic E-state index is -0.381. The van der Waals surface area contributed by atoms with E-state index in [1.807, 2.05) is 31.2 Å². The van der Waals surface area contributed by atoms with Gasteiger partial charge in [0.1, 0.15) is 6.61 Å². The van der Waals surface area contributed by atoms with Crippen molar-refractivity contribution < 1.29 is 14.3 Å². The summed E-state index contributed by atoms with van der Waals surface area (Å²) in [6.45, 7) is 2.00. The highest BCUT2D eigenvalue weighted by atomic mass is 16.5. The third-order valence-corrected chi connectivity index (χ3v) is 3.47. The summed E-state index contributed by atoms with van der Waals surface area (Å²) < 4.78 is 5.26. The monoisotopic (exact) mass is 297 g/mol. The molecule has 1 amide bonds.